The van der Waals surface area contributed by atoms with Crippen molar-refractivity contribution in [3.63, 3.8) is 0 Å². The fourth-order valence-electron chi connectivity index (χ4n) is 1.94. The van der Waals surface area contributed by atoms with Gasteiger partial charge in [0.2, 0.25) is 0 Å². The third kappa shape index (κ3) is 5.54. The number of hydrogen-bond acceptors (Lipinski definition) is 4. The van der Waals surface area contributed by atoms with Crippen LogP contribution in [0.5, 0.6) is 0 Å². The van der Waals surface area contributed by atoms with Crippen molar-refractivity contribution in [2.24, 2.45) is 0 Å². The number of nitrogens with two attached hydrogens (primary N) is 1. The summed E-state index contributed by atoms with van der Waals surface area (Å²) >= 11 is 7.65. The first kappa shape index (κ1) is 23.6. The molecule has 0 unspecified atom stereocenters. The number of aromatic nitrogens is 1. The zero-order chi connectivity index (χ0) is 14.3. The summed E-state index contributed by atoms with van der Waals surface area (Å²) in [4.78, 5) is 4.55. The first-order chi connectivity index (χ1) is 9.52. The van der Waals surface area contributed by atoms with Gasteiger partial charge < -0.3 is 28.2 Å². The molecule has 8 heteroatoms. The molecule has 3 rings (SSSR count). The van der Waals surface area contributed by atoms with Crippen LogP contribution in [0, 0.1) is 32.0 Å². The first-order valence-corrected chi connectivity index (χ1v) is 7.18. The van der Waals surface area contributed by atoms with E-state index in [1.165, 1.54) is 11.3 Å². The van der Waals surface area contributed by atoms with Gasteiger partial charge in [0, 0.05) is 72.3 Å². The Kier molecular flexibility index (Phi) is 10.2. The van der Waals surface area contributed by atoms with Gasteiger partial charge in [0.1, 0.15) is 0 Å². The molecule has 0 bridgehead atoms. The molecule has 0 saturated heterocycles. The van der Waals surface area contributed by atoms with Crippen LogP contribution in [0.25, 0.3) is 10.2 Å². The molecule has 2 radical (unpaired) electrons. The third-order valence-corrected chi connectivity index (χ3v) is 3.99. The summed E-state index contributed by atoms with van der Waals surface area (Å²) in [6.45, 7) is 3.97. The molecule has 0 spiro atoms. The number of halogens is 1. The summed E-state index contributed by atoms with van der Waals surface area (Å²) < 4.78 is 1.01. The van der Waals surface area contributed by atoms with E-state index in [2.05, 4.69) is 28.5 Å². The average Bonchev–Trinajstić information content (AvgIpc) is 2.75. The number of nitrogens with one attached hydrogen (secondary N) is 1. The topological polar surface area (TPSA) is 50.9 Å². The van der Waals surface area contributed by atoms with Gasteiger partial charge in [-0.3, -0.25) is 11.1 Å². The Morgan fingerprint density at radius 1 is 1.30 bits per heavy atom. The van der Waals surface area contributed by atoms with Gasteiger partial charge in [-0.15, -0.1) is 11.6 Å². The monoisotopic (exact) mass is 624 g/mol. The summed E-state index contributed by atoms with van der Waals surface area (Å²) in [6, 6.07) is 12.8. The molecule has 0 amide bonds. The fraction of sp³-hybridized carbons (Fsp3) is 0.133. The zero-order valence-corrected chi connectivity index (χ0v) is 21.1. The van der Waals surface area contributed by atoms with Crippen molar-refractivity contribution in [3.8, 4) is 0 Å². The number of fused-ring (bicyclic) bond motifs is 1. The molecule has 3 N–H and O–H groups in total. The predicted molar refractivity (Wildman–Crippen MR) is 84.7 cm³/mol. The number of nitrogen functional groups attached to an aromatic ring is 1. The molecule has 1 heterocycles. The SMILES string of the molecule is Cc1[c-]c(C)c2nc(Nc3[c-]cc(N)cc3Cl)sc2[c-]1.[V].[W].[Y]. The van der Waals surface area contributed by atoms with Crippen LogP contribution in [-0.4, -0.2) is 4.98 Å². The molecule has 2 aromatic carbocycles. The number of thiazole rings is 1. The van der Waals surface area contributed by atoms with Crippen molar-refractivity contribution in [1.82, 2.24) is 4.98 Å². The largest absolute Gasteiger partial charge is 0.449 e. The second-order valence-corrected chi connectivity index (χ2v) is 5.88. The average molecular weight is 624 g/mol. The maximum atomic E-state index is 6.12. The number of rotatable bonds is 2. The molecule has 116 valence electrons. The van der Waals surface area contributed by atoms with Crippen LogP contribution in [0.15, 0.2) is 12.1 Å². The minimum absolute atomic E-state index is 0. The molecule has 0 fully saturated rings. The van der Waals surface area contributed by atoms with Crippen LogP contribution < -0.4 is 11.1 Å². The van der Waals surface area contributed by atoms with Crippen LogP contribution >= 0.6 is 22.9 Å². The number of anilines is 3. The van der Waals surface area contributed by atoms with Gasteiger partial charge in [0.05, 0.1) is 0 Å². The molecule has 0 aliphatic rings. The zero-order valence-electron chi connectivity index (χ0n) is 12.4. The van der Waals surface area contributed by atoms with Crippen molar-refractivity contribution >= 4 is 49.7 Å². The van der Waals surface area contributed by atoms with Gasteiger partial charge in [-0.05, 0) is 5.02 Å². The Hall–Kier alpha value is 0.597. The van der Waals surface area contributed by atoms with Crippen molar-refractivity contribution in [2.45, 2.75) is 13.8 Å². The smallest absolute Gasteiger partial charge is 0.158 e. The Morgan fingerprint density at radius 2 is 2.00 bits per heavy atom. The Balaban J connectivity index is 0.00000161. The third-order valence-electron chi connectivity index (χ3n) is 2.81. The van der Waals surface area contributed by atoms with Crippen molar-refractivity contribution in [3.05, 3.63) is 46.5 Å². The minimum atomic E-state index is 0. The quantitative estimate of drug-likeness (QED) is 0.331. The van der Waals surface area contributed by atoms with E-state index in [9.17, 15) is 0 Å². The van der Waals surface area contributed by atoms with Crippen molar-refractivity contribution in [2.75, 3.05) is 11.1 Å². The van der Waals surface area contributed by atoms with E-state index in [1.54, 1.807) is 12.1 Å². The van der Waals surface area contributed by atoms with E-state index in [0.717, 1.165) is 26.5 Å². The normalized spacial score (nSPS) is 9.52. The molecule has 0 atom stereocenters. The van der Waals surface area contributed by atoms with E-state index in [-0.39, 0.29) is 72.3 Å². The van der Waals surface area contributed by atoms with E-state index < -0.39 is 0 Å². The second kappa shape index (κ2) is 9.92. The molecule has 0 aliphatic carbocycles. The number of aryl methyl sites for hydroxylation is 2. The van der Waals surface area contributed by atoms with E-state index >= 15 is 0 Å². The summed E-state index contributed by atoms with van der Waals surface area (Å²) in [5.74, 6) is 0. The van der Waals surface area contributed by atoms with Crippen LogP contribution in [0.2, 0.25) is 5.02 Å². The predicted octanol–water partition coefficient (Wildman–Crippen LogP) is 4.29. The fourth-order valence-corrected chi connectivity index (χ4v) is 3.15. The number of hydrogen-bond donors (Lipinski definition) is 2. The van der Waals surface area contributed by atoms with Gasteiger partial charge in [-0.2, -0.15) is 39.8 Å². The van der Waals surface area contributed by atoms with Crippen LogP contribution in [0.3, 0.4) is 0 Å². The summed E-state index contributed by atoms with van der Waals surface area (Å²) in [5, 5.41) is 4.44. The van der Waals surface area contributed by atoms with Crippen LogP contribution in [-0.2, 0) is 72.3 Å². The number of benzene rings is 2. The maximum Gasteiger partial charge on any atom is 0.158 e. The maximum absolute atomic E-state index is 6.12. The molecular formula is C15H11ClN3SVWY-3. The second-order valence-electron chi connectivity index (χ2n) is 4.48. The van der Waals surface area contributed by atoms with Crippen LogP contribution in [0.1, 0.15) is 11.1 Å². The van der Waals surface area contributed by atoms with Crippen molar-refractivity contribution in [1.29, 1.82) is 0 Å². The van der Waals surface area contributed by atoms with Gasteiger partial charge in [0.15, 0.2) is 5.13 Å². The molecule has 3 nitrogen and oxygen atoms in total. The van der Waals surface area contributed by atoms with Gasteiger partial charge in [0.25, 0.3) is 0 Å². The van der Waals surface area contributed by atoms with Crippen molar-refractivity contribution < 1.29 is 72.3 Å². The Morgan fingerprint density at radius 3 is 2.65 bits per heavy atom. The molecule has 1 aromatic heterocycles. The van der Waals surface area contributed by atoms with E-state index in [4.69, 9.17) is 17.3 Å². The summed E-state index contributed by atoms with van der Waals surface area (Å²) in [6.07, 6.45) is 0. The molecule has 0 saturated carbocycles. The first-order valence-electron chi connectivity index (χ1n) is 5.99. The minimum Gasteiger partial charge on any atom is -0.449 e. The number of nitrogens with zero attached hydrogens (tertiary/aromatic N) is 1. The van der Waals surface area contributed by atoms with Gasteiger partial charge >= 0.3 is 0 Å². The summed E-state index contributed by atoms with van der Waals surface area (Å²) in [7, 11) is 0. The molecule has 23 heavy (non-hydrogen) atoms. The molecule has 0 aliphatic heterocycles. The van der Waals surface area contributed by atoms with Gasteiger partial charge in [-0.25, -0.2) is 0 Å². The van der Waals surface area contributed by atoms with E-state index in [1.807, 2.05) is 13.8 Å². The molecular weight excluding hydrogens is 613 g/mol. The Bertz CT molecular complexity index is 813. The summed E-state index contributed by atoms with van der Waals surface area (Å²) in [5.41, 5.74) is 9.82. The Labute approximate surface area is 196 Å². The van der Waals surface area contributed by atoms with Crippen LogP contribution in [0.4, 0.5) is 16.5 Å². The van der Waals surface area contributed by atoms with Gasteiger partial charge in [-0.1, -0.05) is 25.2 Å². The standard InChI is InChI=1S/C15H11ClN3S.V.W.Y/c1-8-5-9(2)14-13(6-8)20-15(19-14)18-12-4-3-10(17)7-11(12)16;;;/h3,7H,17H2,1-2H3,(H,18,19);;;/q-3;;;. The molecule has 3 aromatic rings. The van der Waals surface area contributed by atoms with E-state index in [0.29, 0.717) is 16.4 Å².